The monoisotopic (exact) mass is 338 g/mol. The summed E-state index contributed by atoms with van der Waals surface area (Å²) in [6, 6.07) is 8.98. The Hall–Kier alpha value is -0.870. The van der Waals surface area contributed by atoms with Crippen LogP contribution in [0.4, 0.5) is 0 Å². The van der Waals surface area contributed by atoms with E-state index in [9.17, 15) is 4.79 Å². The lowest BCUT2D eigenvalue weighted by atomic mass is 10.2. The zero-order valence-electron chi connectivity index (χ0n) is 12.4. The van der Waals surface area contributed by atoms with Crippen LogP contribution in [0.2, 0.25) is 0 Å². The molecular weight excluding hydrogens is 316 g/mol. The van der Waals surface area contributed by atoms with E-state index in [0.717, 1.165) is 10.0 Å². The number of hydrogen-bond donors (Lipinski definition) is 1. The van der Waals surface area contributed by atoms with Gasteiger partial charge in [-0.15, -0.1) is 0 Å². The number of likely N-dealkylation sites (tertiary alicyclic amines) is 1. The van der Waals surface area contributed by atoms with E-state index < -0.39 is 0 Å². The lowest BCUT2D eigenvalue weighted by Gasteiger charge is -2.31. The van der Waals surface area contributed by atoms with Crippen LogP contribution in [0.25, 0.3) is 0 Å². The highest BCUT2D eigenvalue weighted by molar-refractivity contribution is 9.10. The maximum atomic E-state index is 12.3. The van der Waals surface area contributed by atoms with Crippen LogP contribution in [0.15, 0.2) is 28.7 Å². The average Bonchev–Trinajstić information content (AvgIpc) is 2.76. The van der Waals surface area contributed by atoms with Gasteiger partial charge in [-0.1, -0.05) is 28.1 Å². The Bertz CT molecular complexity index is 450. The molecule has 0 saturated carbocycles. The second-order valence-electron chi connectivity index (χ2n) is 5.74. The van der Waals surface area contributed by atoms with Crippen molar-refractivity contribution < 1.29 is 4.79 Å². The molecule has 0 radical (unpaired) electrons. The summed E-state index contributed by atoms with van der Waals surface area (Å²) in [6.45, 7) is 7.02. The van der Waals surface area contributed by atoms with Crippen molar-refractivity contribution >= 4 is 21.8 Å². The van der Waals surface area contributed by atoms with Gasteiger partial charge in [0.05, 0.1) is 6.04 Å². The van der Waals surface area contributed by atoms with Gasteiger partial charge in [0.25, 0.3) is 0 Å². The number of rotatable bonds is 4. The highest BCUT2D eigenvalue weighted by Gasteiger charge is 2.34. The number of amides is 1. The molecule has 1 heterocycles. The lowest BCUT2D eigenvalue weighted by Crippen LogP contribution is -2.48. The van der Waals surface area contributed by atoms with Gasteiger partial charge in [-0.25, -0.2) is 0 Å². The Kier molecular flexibility index (Phi) is 5.22. The van der Waals surface area contributed by atoms with Crippen LogP contribution in [0, 0.1) is 0 Å². The van der Waals surface area contributed by atoms with Crippen LogP contribution in [-0.2, 0) is 11.3 Å². The largest absolute Gasteiger partial charge is 0.351 e. The predicted molar refractivity (Wildman–Crippen MR) is 85.4 cm³/mol. The Morgan fingerprint density at radius 2 is 1.85 bits per heavy atom. The van der Waals surface area contributed by atoms with E-state index in [1.807, 2.05) is 31.2 Å². The fourth-order valence-electron chi connectivity index (χ4n) is 3.05. The third kappa shape index (κ3) is 3.61. The van der Waals surface area contributed by atoms with Crippen molar-refractivity contribution in [2.45, 2.75) is 58.3 Å². The fraction of sp³-hybridized carbons (Fsp3) is 0.562. The summed E-state index contributed by atoms with van der Waals surface area (Å²) in [4.78, 5) is 14.6. The second-order valence-corrected chi connectivity index (χ2v) is 6.66. The summed E-state index contributed by atoms with van der Waals surface area (Å²) in [5.41, 5.74) is 1.12. The van der Waals surface area contributed by atoms with Gasteiger partial charge in [-0.05, 0) is 51.3 Å². The number of halogens is 1. The summed E-state index contributed by atoms with van der Waals surface area (Å²) in [6.07, 6.45) is 2.37. The smallest absolute Gasteiger partial charge is 0.237 e. The molecule has 0 bridgehead atoms. The Morgan fingerprint density at radius 3 is 2.40 bits per heavy atom. The van der Waals surface area contributed by atoms with Crippen molar-refractivity contribution in [3.63, 3.8) is 0 Å². The molecule has 2 rings (SSSR count). The van der Waals surface area contributed by atoms with Crippen LogP contribution in [0.5, 0.6) is 0 Å². The van der Waals surface area contributed by atoms with E-state index in [-0.39, 0.29) is 11.9 Å². The minimum absolute atomic E-state index is 0.0575. The number of nitrogens with one attached hydrogen (secondary N) is 1. The first-order chi connectivity index (χ1) is 9.49. The number of carbonyl (C=O) groups excluding carboxylic acids is 1. The highest BCUT2D eigenvalue weighted by Crippen LogP contribution is 2.25. The molecule has 20 heavy (non-hydrogen) atoms. The Balaban J connectivity index is 1.89. The molecule has 1 aromatic carbocycles. The first kappa shape index (κ1) is 15.5. The van der Waals surface area contributed by atoms with E-state index in [4.69, 9.17) is 0 Å². The van der Waals surface area contributed by atoms with E-state index in [1.54, 1.807) is 0 Å². The van der Waals surface area contributed by atoms with Crippen molar-refractivity contribution in [3.8, 4) is 0 Å². The fourth-order valence-corrected chi connectivity index (χ4v) is 3.32. The Labute approximate surface area is 129 Å². The second kappa shape index (κ2) is 6.72. The summed E-state index contributed by atoms with van der Waals surface area (Å²) in [5, 5.41) is 3.04. The SMILES string of the molecule is CC1CCC(C)N1C(C)C(=O)NCc1ccc(Br)cc1. The Morgan fingerprint density at radius 1 is 1.30 bits per heavy atom. The van der Waals surface area contributed by atoms with Crippen molar-refractivity contribution in [2.24, 2.45) is 0 Å². The van der Waals surface area contributed by atoms with Gasteiger partial charge in [0.2, 0.25) is 5.91 Å². The molecule has 1 aromatic rings. The minimum atomic E-state index is -0.0575. The van der Waals surface area contributed by atoms with Gasteiger partial charge < -0.3 is 5.32 Å². The molecule has 1 fully saturated rings. The first-order valence-electron chi connectivity index (χ1n) is 7.28. The summed E-state index contributed by atoms with van der Waals surface area (Å²) in [7, 11) is 0. The molecule has 3 atom stereocenters. The van der Waals surface area contributed by atoms with E-state index in [1.165, 1.54) is 12.8 Å². The molecule has 3 nitrogen and oxygen atoms in total. The summed E-state index contributed by atoms with van der Waals surface area (Å²) < 4.78 is 1.06. The molecule has 0 spiro atoms. The number of carbonyl (C=O) groups is 1. The quantitative estimate of drug-likeness (QED) is 0.913. The van der Waals surface area contributed by atoms with Crippen LogP contribution in [0.1, 0.15) is 39.2 Å². The first-order valence-corrected chi connectivity index (χ1v) is 8.08. The third-order valence-electron chi connectivity index (χ3n) is 4.23. The molecule has 0 aromatic heterocycles. The molecule has 3 unspecified atom stereocenters. The van der Waals surface area contributed by atoms with E-state index in [0.29, 0.717) is 18.6 Å². The summed E-state index contributed by atoms with van der Waals surface area (Å²) >= 11 is 3.41. The third-order valence-corrected chi connectivity index (χ3v) is 4.76. The van der Waals surface area contributed by atoms with Gasteiger partial charge in [-0.2, -0.15) is 0 Å². The van der Waals surface area contributed by atoms with Gasteiger partial charge >= 0.3 is 0 Å². The van der Waals surface area contributed by atoms with E-state index in [2.05, 4.69) is 40.0 Å². The van der Waals surface area contributed by atoms with E-state index >= 15 is 0 Å². The van der Waals surface area contributed by atoms with Crippen molar-refractivity contribution in [3.05, 3.63) is 34.3 Å². The van der Waals surface area contributed by atoms with Crippen molar-refractivity contribution in [1.29, 1.82) is 0 Å². The maximum absolute atomic E-state index is 12.3. The predicted octanol–water partition coefficient (Wildman–Crippen LogP) is 3.33. The van der Waals surface area contributed by atoms with Crippen LogP contribution in [0.3, 0.4) is 0 Å². The molecule has 1 N–H and O–H groups in total. The summed E-state index contributed by atoms with van der Waals surface area (Å²) in [5.74, 6) is 0.119. The average molecular weight is 339 g/mol. The molecule has 110 valence electrons. The molecule has 1 saturated heterocycles. The molecular formula is C16H23BrN2O. The van der Waals surface area contributed by atoms with Gasteiger partial charge in [0.15, 0.2) is 0 Å². The van der Waals surface area contributed by atoms with Crippen molar-refractivity contribution in [1.82, 2.24) is 10.2 Å². The molecule has 1 aliphatic rings. The van der Waals surface area contributed by atoms with Crippen molar-refractivity contribution in [2.75, 3.05) is 0 Å². The van der Waals surface area contributed by atoms with Gasteiger partial charge in [-0.3, -0.25) is 9.69 Å². The normalized spacial score (nSPS) is 24.6. The van der Waals surface area contributed by atoms with Crippen LogP contribution < -0.4 is 5.32 Å². The zero-order chi connectivity index (χ0) is 14.7. The lowest BCUT2D eigenvalue weighted by molar-refractivity contribution is -0.127. The topological polar surface area (TPSA) is 32.3 Å². The standard InChI is InChI=1S/C16H23BrN2O/c1-11-4-5-12(2)19(11)13(3)16(20)18-10-14-6-8-15(17)9-7-14/h6-9,11-13H,4-5,10H2,1-3H3,(H,18,20). The molecule has 0 aliphatic carbocycles. The van der Waals surface area contributed by atoms with Crippen LogP contribution in [-0.4, -0.2) is 28.9 Å². The van der Waals surface area contributed by atoms with Gasteiger partial charge in [0.1, 0.15) is 0 Å². The number of benzene rings is 1. The minimum Gasteiger partial charge on any atom is -0.351 e. The number of nitrogens with zero attached hydrogens (tertiary/aromatic N) is 1. The zero-order valence-corrected chi connectivity index (χ0v) is 14.0. The maximum Gasteiger partial charge on any atom is 0.237 e. The number of hydrogen-bond acceptors (Lipinski definition) is 2. The van der Waals surface area contributed by atoms with Gasteiger partial charge in [0, 0.05) is 23.1 Å². The highest BCUT2D eigenvalue weighted by atomic mass is 79.9. The molecule has 1 aliphatic heterocycles. The molecule has 1 amide bonds. The molecule has 4 heteroatoms. The van der Waals surface area contributed by atoms with Crippen LogP contribution >= 0.6 is 15.9 Å².